The van der Waals surface area contributed by atoms with Gasteiger partial charge in [-0.05, 0) is 30.2 Å². The molecule has 4 nitrogen and oxygen atoms in total. The van der Waals surface area contributed by atoms with E-state index in [0.717, 1.165) is 11.1 Å². The molecule has 28 heavy (non-hydrogen) atoms. The predicted molar refractivity (Wildman–Crippen MR) is 110 cm³/mol. The van der Waals surface area contributed by atoms with Crippen molar-refractivity contribution in [3.8, 4) is 11.5 Å². The van der Waals surface area contributed by atoms with Crippen LogP contribution in [0.2, 0.25) is 0 Å². The van der Waals surface area contributed by atoms with E-state index in [1.165, 1.54) is 0 Å². The first-order valence-corrected chi connectivity index (χ1v) is 9.46. The van der Waals surface area contributed by atoms with Gasteiger partial charge in [0.15, 0.2) is 18.1 Å². The molecule has 0 saturated carbocycles. The molecular weight excluding hydrogens is 350 g/mol. The fourth-order valence-electron chi connectivity index (χ4n) is 2.91. The summed E-state index contributed by atoms with van der Waals surface area (Å²) in [6.45, 7) is 3.49. The normalized spacial score (nSPS) is 10.3. The molecule has 4 heteroatoms. The first kappa shape index (κ1) is 19.5. The van der Waals surface area contributed by atoms with E-state index in [-0.39, 0.29) is 12.5 Å². The van der Waals surface area contributed by atoms with Crippen LogP contribution in [-0.2, 0) is 17.9 Å². The number of rotatable bonds is 9. The van der Waals surface area contributed by atoms with Crippen LogP contribution in [0.3, 0.4) is 0 Å². The Hall–Kier alpha value is -3.27. The van der Waals surface area contributed by atoms with Crippen LogP contribution in [0.4, 0.5) is 0 Å². The summed E-state index contributed by atoms with van der Waals surface area (Å²) in [4.78, 5) is 14.8. The monoisotopic (exact) mass is 375 g/mol. The Morgan fingerprint density at radius 1 is 0.714 bits per heavy atom. The van der Waals surface area contributed by atoms with Gasteiger partial charge in [-0.25, -0.2) is 0 Å². The van der Waals surface area contributed by atoms with Gasteiger partial charge in [-0.2, -0.15) is 0 Å². The summed E-state index contributed by atoms with van der Waals surface area (Å²) in [6, 6.07) is 27.4. The third-order valence-electron chi connectivity index (χ3n) is 4.29. The van der Waals surface area contributed by atoms with E-state index >= 15 is 0 Å². The third kappa shape index (κ3) is 5.61. The van der Waals surface area contributed by atoms with Crippen LogP contribution in [-0.4, -0.2) is 24.0 Å². The molecule has 0 atom stereocenters. The summed E-state index contributed by atoms with van der Waals surface area (Å²) in [5, 5.41) is 0. The lowest BCUT2D eigenvalue weighted by molar-refractivity contribution is -0.134. The van der Waals surface area contributed by atoms with E-state index in [1.807, 2.05) is 96.8 Å². The minimum Gasteiger partial charge on any atom is -0.490 e. The average Bonchev–Trinajstić information content (AvgIpc) is 2.74. The van der Waals surface area contributed by atoms with Crippen LogP contribution in [0.15, 0.2) is 84.9 Å². The Balaban J connectivity index is 1.71. The highest BCUT2D eigenvalue weighted by molar-refractivity contribution is 5.78. The number of ether oxygens (including phenoxy) is 2. The number of carbonyl (C=O) groups is 1. The third-order valence-corrected chi connectivity index (χ3v) is 4.29. The van der Waals surface area contributed by atoms with Crippen molar-refractivity contribution in [2.75, 3.05) is 13.2 Å². The molecule has 0 aliphatic heterocycles. The maximum Gasteiger partial charge on any atom is 0.261 e. The molecule has 3 aromatic rings. The second-order valence-corrected chi connectivity index (χ2v) is 6.39. The maximum atomic E-state index is 13.0. The zero-order valence-electron chi connectivity index (χ0n) is 16.1. The van der Waals surface area contributed by atoms with Crippen molar-refractivity contribution >= 4 is 5.91 Å². The van der Waals surface area contributed by atoms with Gasteiger partial charge in [0.1, 0.15) is 0 Å². The van der Waals surface area contributed by atoms with Crippen molar-refractivity contribution in [2.45, 2.75) is 20.0 Å². The number of para-hydroxylation sites is 2. The lowest BCUT2D eigenvalue weighted by Crippen LogP contribution is -2.34. The van der Waals surface area contributed by atoms with Crippen molar-refractivity contribution in [3.05, 3.63) is 96.1 Å². The van der Waals surface area contributed by atoms with Crippen LogP contribution >= 0.6 is 0 Å². The summed E-state index contributed by atoms with van der Waals surface area (Å²) >= 11 is 0. The largest absolute Gasteiger partial charge is 0.490 e. The second-order valence-electron chi connectivity index (χ2n) is 6.39. The number of amides is 1. The zero-order valence-corrected chi connectivity index (χ0v) is 16.1. The quantitative estimate of drug-likeness (QED) is 0.544. The molecule has 0 aliphatic carbocycles. The Labute approximate surface area is 166 Å². The van der Waals surface area contributed by atoms with Crippen molar-refractivity contribution < 1.29 is 14.3 Å². The first-order chi connectivity index (χ1) is 13.8. The Bertz CT molecular complexity index is 824. The molecule has 3 aromatic carbocycles. The fraction of sp³-hybridized carbons (Fsp3) is 0.208. The van der Waals surface area contributed by atoms with Gasteiger partial charge >= 0.3 is 0 Å². The van der Waals surface area contributed by atoms with Gasteiger partial charge < -0.3 is 14.4 Å². The van der Waals surface area contributed by atoms with Crippen LogP contribution < -0.4 is 9.47 Å². The summed E-state index contributed by atoms with van der Waals surface area (Å²) in [5.74, 6) is 1.16. The SMILES string of the molecule is CCOc1ccccc1OCC(=O)N(Cc1ccccc1)Cc1ccccc1. The highest BCUT2D eigenvalue weighted by atomic mass is 16.5. The van der Waals surface area contributed by atoms with Gasteiger partial charge in [0.25, 0.3) is 5.91 Å². The number of nitrogens with zero attached hydrogens (tertiary/aromatic N) is 1. The summed E-state index contributed by atoms with van der Waals surface area (Å²) in [7, 11) is 0. The predicted octanol–water partition coefficient (Wildman–Crippen LogP) is 4.69. The smallest absolute Gasteiger partial charge is 0.261 e. The van der Waals surface area contributed by atoms with Crippen molar-refractivity contribution in [1.82, 2.24) is 4.90 Å². The fourth-order valence-corrected chi connectivity index (χ4v) is 2.91. The minimum atomic E-state index is -0.0704. The van der Waals surface area contributed by atoms with E-state index in [4.69, 9.17) is 9.47 Å². The summed E-state index contributed by atoms with van der Waals surface area (Å²) in [6.07, 6.45) is 0. The van der Waals surface area contributed by atoms with Crippen LogP contribution in [0, 0.1) is 0 Å². The number of benzene rings is 3. The van der Waals surface area contributed by atoms with E-state index in [0.29, 0.717) is 31.2 Å². The van der Waals surface area contributed by atoms with Crippen molar-refractivity contribution in [1.29, 1.82) is 0 Å². The molecule has 0 N–H and O–H groups in total. The highest BCUT2D eigenvalue weighted by Gasteiger charge is 2.16. The standard InChI is InChI=1S/C24H25NO3/c1-2-27-22-15-9-10-16-23(22)28-19-24(26)25(17-20-11-5-3-6-12-20)18-21-13-7-4-8-14-21/h3-16H,2,17-19H2,1H3. The van der Waals surface area contributed by atoms with E-state index in [2.05, 4.69) is 0 Å². The van der Waals surface area contributed by atoms with Crippen molar-refractivity contribution in [2.24, 2.45) is 0 Å². The molecule has 0 unspecified atom stereocenters. The molecule has 1 amide bonds. The molecule has 0 radical (unpaired) electrons. The van der Waals surface area contributed by atoms with E-state index in [1.54, 1.807) is 0 Å². The Morgan fingerprint density at radius 2 is 1.18 bits per heavy atom. The lowest BCUT2D eigenvalue weighted by atomic mass is 10.1. The Morgan fingerprint density at radius 3 is 1.68 bits per heavy atom. The summed E-state index contributed by atoms with van der Waals surface area (Å²) in [5.41, 5.74) is 2.17. The van der Waals surface area contributed by atoms with Crippen LogP contribution in [0.25, 0.3) is 0 Å². The number of carbonyl (C=O) groups excluding carboxylic acids is 1. The topological polar surface area (TPSA) is 38.8 Å². The highest BCUT2D eigenvalue weighted by Crippen LogP contribution is 2.26. The molecule has 0 aliphatic rings. The summed E-state index contributed by atoms with van der Waals surface area (Å²) < 4.78 is 11.4. The number of hydrogen-bond acceptors (Lipinski definition) is 3. The zero-order chi connectivity index (χ0) is 19.6. The minimum absolute atomic E-state index is 0.0379. The van der Waals surface area contributed by atoms with Crippen LogP contribution in [0.5, 0.6) is 11.5 Å². The van der Waals surface area contributed by atoms with E-state index < -0.39 is 0 Å². The first-order valence-electron chi connectivity index (χ1n) is 9.46. The van der Waals surface area contributed by atoms with Gasteiger partial charge in [0.2, 0.25) is 0 Å². The molecule has 0 fully saturated rings. The molecular formula is C24H25NO3. The van der Waals surface area contributed by atoms with Gasteiger partial charge in [0.05, 0.1) is 6.61 Å². The Kier molecular flexibility index (Phi) is 7.08. The maximum absolute atomic E-state index is 13.0. The molecule has 3 rings (SSSR count). The molecule has 144 valence electrons. The van der Waals surface area contributed by atoms with Gasteiger partial charge in [-0.3, -0.25) is 4.79 Å². The van der Waals surface area contributed by atoms with Gasteiger partial charge in [-0.15, -0.1) is 0 Å². The van der Waals surface area contributed by atoms with Gasteiger partial charge in [0, 0.05) is 13.1 Å². The van der Waals surface area contributed by atoms with Gasteiger partial charge in [-0.1, -0.05) is 72.8 Å². The molecule has 0 bridgehead atoms. The molecule has 0 spiro atoms. The molecule has 0 aromatic heterocycles. The van der Waals surface area contributed by atoms with Crippen LogP contribution in [0.1, 0.15) is 18.1 Å². The van der Waals surface area contributed by atoms with E-state index in [9.17, 15) is 4.79 Å². The average molecular weight is 375 g/mol. The van der Waals surface area contributed by atoms with Crippen molar-refractivity contribution in [3.63, 3.8) is 0 Å². The lowest BCUT2D eigenvalue weighted by Gasteiger charge is -2.23. The molecule has 0 heterocycles. The molecule has 0 saturated heterocycles. The second kappa shape index (κ2) is 10.2. The number of hydrogen-bond donors (Lipinski definition) is 0.